The molecule has 0 aliphatic carbocycles. The van der Waals surface area contributed by atoms with Crippen LogP contribution in [-0.4, -0.2) is 35.5 Å². The Bertz CT molecular complexity index is 437. The van der Waals surface area contributed by atoms with Crippen LogP contribution in [0.4, 0.5) is 5.82 Å². The van der Waals surface area contributed by atoms with Gasteiger partial charge in [0.25, 0.3) is 0 Å². The van der Waals surface area contributed by atoms with E-state index in [0.717, 1.165) is 12.8 Å². The summed E-state index contributed by atoms with van der Waals surface area (Å²) in [6.07, 6.45) is 1.73. The Labute approximate surface area is 119 Å². The molecule has 0 unspecified atom stereocenters. The third-order valence-electron chi connectivity index (χ3n) is 2.42. The van der Waals surface area contributed by atoms with Crippen molar-refractivity contribution in [3.63, 3.8) is 0 Å². The molecule has 1 aromatic heterocycles. The lowest BCUT2D eigenvalue weighted by Crippen LogP contribution is -2.38. The molecule has 19 heavy (non-hydrogen) atoms. The number of carbonyl (C=O) groups is 1. The Kier molecular flexibility index (Phi) is 6.02. The van der Waals surface area contributed by atoms with Crippen molar-refractivity contribution in [3.8, 4) is 0 Å². The Morgan fingerprint density at radius 1 is 1.47 bits per heavy atom. The summed E-state index contributed by atoms with van der Waals surface area (Å²) in [5.41, 5.74) is 0. The van der Waals surface area contributed by atoms with E-state index >= 15 is 0 Å². The van der Waals surface area contributed by atoms with Gasteiger partial charge in [0.05, 0.1) is 6.54 Å². The quantitative estimate of drug-likeness (QED) is 0.812. The average Bonchev–Trinajstić information content (AvgIpc) is 2.27. The summed E-state index contributed by atoms with van der Waals surface area (Å²) in [6, 6.07) is 1.80. The topological polar surface area (TPSA) is 58.1 Å². The van der Waals surface area contributed by atoms with Crippen molar-refractivity contribution in [2.24, 2.45) is 0 Å². The van der Waals surface area contributed by atoms with Crippen molar-refractivity contribution in [3.05, 3.63) is 17.0 Å². The molecule has 0 spiro atoms. The number of likely N-dealkylation sites (N-methyl/N-ethyl adjacent to an activating group) is 1. The highest BCUT2D eigenvalue weighted by Gasteiger charge is 2.11. The monoisotopic (exact) mass is 284 g/mol. The first kappa shape index (κ1) is 15.7. The van der Waals surface area contributed by atoms with Gasteiger partial charge in [0.1, 0.15) is 16.8 Å². The van der Waals surface area contributed by atoms with Gasteiger partial charge in [-0.25, -0.2) is 9.97 Å². The second-order valence-corrected chi connectivity index (χ2v) is 5.18. The lowest BCUT2D eigenvalue weighted by atomic mass is 10.3. The van der Waals surface area contributed by atoms with Gasteiger partial charge >= 0.3 is 0 Å². The van der Waals surface area contributed by atoms with Crippen LogP contribution in [0.25, 0.3) is 0 Å². The summed E-state index contributed by atoms with van der Waals surface area (Å²) in [4.78, 5) is 22.0. The smallest absolute Gasteiger partial charge is 0.239 e. The number of hydrogen-bond donors (Lipinski definition) is 1. The van der Waals surface area contributed by atoms with Gasteiger partial charge < -0.3 is 10.2 Å². The van der Waals surface area contributed by atoms with E-state index in [1.807, 2.05) is 20.9 Å². The molecule has 0 saturated carbocycles. The molecule has 1 N–H and O–H groups in total. The minimum Gasteiger partial charge on any atom is -0.352 e. The van der Waals surface area contributed by atoms with E-state index in [0.29, 0.717) is 16.8 Å². The van der Waals surface area contributed by atoms with E-state index in [2.05, 4.69) is 22.2 Å². The van der Waals surface area contributed by atoms with Gasteiger partial charge in [-0.2, -0.15) is 0 Å². The Hall–Kier alpha value is -1.36. The predicted octanol–water partition coefficient (Wildman–Crippen LogP) is 2.04. The van der Waals surface area contributed by atoms with E-state index in [-0.39, 0.29) is 18.5 Å². The molecule has 1 rings (SSSR count). The van der Waals surface area contributed by atoms with Crippen molar-refractivity contribution in [1.29, 1.82) is 0 Å². The van der Waals surface area contributed by atoms with Gasteiger partial charge in [-0.05, 0) is 20.3 Å². The van der Waals surface area contributed by atoms with Gasteiger partial charge in [-0.3, -0.25) is 4.79 Å². The number of rotatable bonds is 6. The Morgan fingerprint density at radius 3 is 2.74 bits per heavy atom. The minimum atomic E-state index is -0.0377. The third kappa shape index (κ3) is 5.42. The normalized spacial score (nSPS) is 10.6. The molecule has 0 radical (unpaired) electrons. The van der Waals surface area contributed by atoms with Gasteiger partial charge in [0, 0.05) is 25.6 Å². The van der Waals surface area contributed by atoms with Crippen molar-refractivity contribution in [2.45, 2.75) is 39.7 Å². The fourth-order valence-electron chi connectivity index (χ4n) is 1.65. The summed E-state index contributed by atoms with van der Waals surface area (Å²) in [7, 11) is 1.81. The average molecular weight is 285 g/mol. The lowest BCUT2D eigenvalue weighted by Gasteiger charge is -2.19. The van der Waals surface area contributed by atoms with Crippen LogP contribution in [0.15, 0.2) is 6.07 Å². The zero-order valence-electron chi connectivity index (χ0n) is 11.9. The Balaban J connectivity index is 2.75. The fraction of sp³-hybridized carbons (Fsp3) is 0.615. The maximum Gasteiger partial charge on any atom is 0.239 e. The molecule has 0 fully saturated rings. The summed E-state index contributed by atoms with van der Waals surface area (Å²) < 4.78 is 0. The van der Waals surface area contributed by atoms with Crippen LogP contribution < -0.4 is 10.2 Å². The van der Waals surface area contributed by atoms with Crippen LogP contribution in [0.3, 0.4) is 0 Å². The summed E-state index contributed by atoms with van der Waals surface area (Å²) in [5.74, 6) is 1.34. The summed E-state index contributed by atoms with van der Waals surface area (Å²) >= 11 is 5.97. The maximum absolute atomic E-state index is 11.7. The van der Waals surface area contributed by atoms with E-state index in [1.54, 1.807) is 11.0 Å². The van der Waals surface area contributed by atoms with E-state index in [4.69, 9.17) is 11.6 Å². The van der Waals surface area contributed by atoms with Crippen LogP contribution in [-0.2, 0) is 11.2 Å². The SMILES string of the molecule is CCCc1nc(Cl)cc(N(C)CC(=O)NC(C)C)n1. The van der Waals surface area contributed by atoms with Crippen molar-refractivity contribution in [2.75, 3.05) is 18.5 Å². The molecule has 5 nitrogen and oxygen atoms in total. The minimum absolute atomic E-state index is 0.0377. The standard InChI is InChI=1S/C13H21ClN4O/c1-5-6-11-16-10(14)7-12(17-11)18(4)8-13(19)15-9(2)3/h7,9H,5-6,8H2,1-4H3,(H,15,19). The van der Waals surface area contributed by atoms with Crippen LogP contribution >= 0.6 is 11.6 Å². The fourth-order valence-corrected chi connectivity index (χ4v) is 1.84. The van der Waals surface area contributed by atoms with Crippen molar-refractivity contribution >= 4 is 23.3 Å². The highest BCUT2D eigenvalue weighted by atomic mass is 35.5. The first-order chi connectivity index (χ1) is 8.92. The molecule has 0 aliphatic rings. The molecule has 1 amide bonds. The van der Waals surface area contributed by atoms with Crippen LogP contribution in [0.2, 0.25) is 5.15 Å². The number of hydrogen-bond acceptors (Lipinski definition) is 4. The molecule has 0 aromatic carbocycles. The van der Waals surface area contributed by atoms with E-state index in [9.17, 15) is 4.79 Å². The molecule has 6 heteroatoms. The van der Waals surface area contributed by atoms with Crippen LogP contribution in [0.5, 0.6) is 0 Å². The molecule has 106 valence electrons. The lowest BCUT2D eigenvalue weighted by molar-refractivity contribution is -0.120. The van der Waals surface area contributed by atoms with Gasteiger partial charge in [-0.15, -0.1) is 0 Å². The molecule has 0 aliphatic heterocycles. The van der Waals surface area contributed by atoms with Crippen molar-refractivity contribution in [1.82, 2.24) is 15.3 Å². The molecular weight excluding hydrogens is 264 g/mol. The third-order valence-corrected chi connectivity index (χ3v) is 2.62. The Morgan fingerprint density at radius 2 is 2.16 bits per heavy atom. The summed E-state index contributed by atoms with van der Waals surface area (Å²) in [5, 5.41) is 3.25. The second-order valence-electron chi connectivity index (χ2n) is 4.79. The number of halogens is 1. The number of aryl methyl sites for hydroxylation is 1. The van der Waals surface area contributed by atoms with Crippen LogP contribution in [0.1, 0.15) is 33.0 Å². The second kappa shape index (κ2) is 7.28. The number of anilines is 1. The molecule has 1 heterocycles. The highest BCUT2D eigenvalue weighted by Crippen LogP contribution is 2.15. The van der Waals surface area contributed by atoms with Crippen molar-refractivity contribution < 1.29 is 4.79 Å². The molecular formula is C13H21ClN4O. The zero-order valence-corrected chi connectivity index (χ0v) is 12.7. The van der Waals surface area contributed by atoms with Gasteiger partial charge in [0.15, 0.2) is 0 Å². The number of aromatic nitrogens is 2. The van der Waals surface area contributed by atoms with Crippen LogP contribution in [0, 0.1) is 0 Å². The zero-order chi connectivity index (χ0) is 14.4. The molecule has 0 atom stereocenters. The van der Waals surface area contributed by atoms with Gasteiger partial charge in [0.2, 0.25) is 5.91 Å². The molecule has 1 aromatic rings. The predicted molar refractivity (Wildman–Crippen MR) is 77.6 cm³/mol. The first-order valence-electron chi connectivity index (χ1n) is 6.46. The van der Waals surface area contributed by atoms with E-state index < -0.39 is 0 Å². The highest BCUT2D eigenvalue weighted by molar-refractivity contribution is 6.29. The maximum atomic E-state index is 11.7. The first-order valence-corrected chi connectivity index (χ1v) is 6.84. The number of nitrogens with zero attached hydrogens (tertiary/aromatic N) is 3. The molecule has 0 bridgehead atoms. The number of amides is 1. The largest absolute Gasteiger partial charge is 0.352 e. The van der Waals surface area contributed by atoms with Gasteiger partial charge in [-0.1, -0.05) is 18.5 Å². The number of nitrogens with one attached hydrogen (secondary N) is 1. The van der Waals surface area contributed by atoms with E-state index in [1.165, 1.54) is 0 Å². The molecule has 0 saturated heterocycles. The number of carbonyl (C=O) groups excluding carboxylic acids is 1. The summed E-state index contributed by atoms with van der Waals surface area (Å²) in [6.45, 7) is 6.17.